The van der Waals surface area contributed by atoms with Crippen molar-refractivity contribution in [3.8, 4) is 5.75 Å². The standard InChI is InChI=1S/C16H19NO/c18-16-8-7-13-3-1-2-4-14(13)15(16)11-17-10-9-12-5-6-12/h1-4,7-8,12,17-18H,5-6,9-11H2. The highest BCUT2D eigenvalue weighted by Gasteiger charge is 2.20. The summed E-state index contributed by atoms with van der Waals surface area (Å²) in [6.45, 7) is 1.80. The summed E-state index contributed by atoms with van der Waals surface area (Å²) in [7, 11) is 0. The number of aromatic hydroxyl groups is 1. The number of phenols is 1. The molecule has 2 nitrogen and oxygen atoms in total. The normalized spacial score (nSPS) is 15.1. The summed E-state index contributed by atoms with van der Waals surface area (Å²) in [6, 6.07) is 12.0. The summed E-state index contributed by atoms with van der Waals surface area (Å²) in [5, 5.41) is 15.8. The maximum Gasteiger partial charge on any atom is 0.120 e. The Morgan fingerprint density at radius 3 is 2.78 bits per heavy atom. The lowest BCUT2D eigenvalue weighted by molar-refractivity contribution is 0.465. The molecule has 3 rings (SSSR count). The molecule has 0 heterocycles. The maximum absolute atomic E-state index is 9.99. The first-order chi connectivity index (χ1) is 8.84. The number of nitrogens with one attached hydrogen (secondary N) is 1. The first kappa shape index (κ1) is 11.5. The highest BCUT2D eigenvalue weighted by Crippen LogP contribution is 2.32. The highest BCUT2D eigenvalue weighted by molar-refractivity contribution is 5.87. The van der Waals surface area contributed by atoms with Crippen LogP contribution in [0.3, 0.4) is 0 Å². The fourth-order valence-corrected chi connectivity index (χ4v) is 2.44. The number of fused-ring (bicyclic) bond motifs is 1. The summed E-state index contributed by atoms with van der Waals surface area (Å²) in [6.07, 6.45) is 4.08. The van der Waals surface area contributed by atoms with Crippen LogP contribution in [0.5, 0.6) is 5.75 Å². The van der Waals surface area contributed by atoms with Gasteiger partial charge in [-0.15, -0.1) is 0 Å². The van der Waals surface area contributed by atoms with Crippen molar-refractivity contribution in [2.75, 3.05) is 6.54 Å². The topological polar surface area (TPSA) is 32.3 Å². The van der Waals surface area contributed by atoms with E-state index in [9.17, 15) is 5.11 Å². The fourth-order valence-electron chi connectivity index (χ4n) is 2.44. The Morgan fingerprint density at radius 2 is 1.94 bits per heavy atom. The van der Waals surface area contributed by atoms with Crippen LogP contribution in [0.15, 0.2) is 36.4 Å². The van der Waals surface area contributed by atoms with Crippen LogP contribution in [0.25, 0.3) is 10.8 Å². The molecular formula is C16H19NO. The van der Waals surface area contributed by atoms with Crippen LogP contribution >= 0.6 is 0 Å². The largest absolute Gasteiger partial charge is 0.508 e. The Bertz CT molecular complexity index is 546. The summed E-state index contributed by atoms with van der Waals surface area (Å²) < 4.78 is 0. The van der Waals surface area contributed by atoms with Gasteiger partial charge in [0.1, 0.15) is 5.75 Å². The van der Waals surface area contributed by atoms with E-state index in [-0.39, 0.29) is 0 Å². The van der Waals surface area contributed by atoms with Crippen molar-refractivity contribution >= 4 is 10.8 Å². The van der Waals surface area contributed by atoms with Gasteiger partial charge in [0, 0.05) is 12.1 Å². The molecule has 0 spiro atoms. The zero-order valence-corrected chi connectivity index (χ0v) is 10.5. The van der Waals surface area contributed by atoms with Gasteiger partial charge in [0.25, 0.3) is 0 Å². The molecule has 1 saturated carbocycles. The minimum Gasteiger partial charge on any atom is -0.508 e. The molecule has 0 bridgehead atoms. The molecule has 0 atom stereocenters. The van der Waals surface area contributed by atoms with E-state index in [0.717, 1.165) is 30.0 Å². The average Bonchev–Trinajstić information content (AvgIpc) is 3.21. The molecule has 0 amide bonds. The van der Waals surface area contributed by atoms with E-state index in [0.29, 0.717) is 5.75 Å². The number of phenolic OH excluding ortho intramolecular Hbond substituents is 1. The molecule has 0 aromatic heterocycles. The smallest absolute Gasteiger partial charge is 0.120 e. The molecule has 94 valence electrons. The van der Waals surface area contributed by atoms with Gasteiger partial charge in [-0.05, 0) is 35.7 Å². The maximum atomic E-state index is 9.99. The van der Waals surface area contributed by atoms with Crippen molar-refractivity contribution in [2.24, 2.45) is 5.92 Å². The first-order valence-electron chi connectivity index (χ1n) is 6.75. The quantitative estimate of drug-likeness (QED) is 0.786. The van der Waals surface area contributed by atoms with Crippen LogP contribution in [-0.4, -0.2) is 11.7 Å². The second kappa shape index (κ2) is 4.99. The van der Waals surface area contributed by atoms with Gasteiger partial charge in [-0.3, -0.25) is 0 Å². The third kappa shape index (κ3) is 2.49. The summed E-state index contributed by atoms with van der Waals surface area (Å²) in [4.78, 5) is 0. The minimum absolute atomic E-state index is 0.396. The molecule has 1 aliphatic rings. The zero-order valence-electron chi connectivity index (χ0n) is 10.5. The second-order valence-electron chi connectivity index (χ2n) is 5.19. The lowest BCUT2D eigenvalue weighted by Crippen LogP contribution is -2.15. The van der Waals surface area contributed by atoms with Crippen molar-refractivity contribution < 1.29 is 5.11 Å². The van der Waals surface area contributed by atoms with E-state index in [1.807, 2.05) is 18.2 Å². The van der Waals surface area contributed by atoms with Crippen LogP contribution in [0.4, 0.5) is 0 Å². The van der Waals surface area contributed by atoms with E-state index in [2.05, 4.69) is 17.4 Å². The van der Waals surface area contributed by atoms with Gasteiger partial charge >= 0.3 is 0 Å². The number of benzene rings is 2. The molecule has 0 saturated heterocycles. The Labute approximate surface area is 108 Å². The molecular weight excluding hydrogens is 222 g/mol. The average molecular weight is 241 g/mol. The van der Waals surface area contributed by atoms with Crippen molar-refractivity contribution in [1.82, 2.24) is 5.32 Å². The van der Waals surface area contributed by atoms with Crippen LogP contribution < -0.4 is 5.32 Å². The van der Waals surface area contributed by atoms with E-state index >= 15 is 0 Å². The van der Waals surface area contributed by atoms with Gasteiger partial charge in [0.05, 0.1) is 0 Å². The third-order valence-corrected chi connectivity index (χ3v) is 3.74. The van der Waals surface area contributed by atoms with Gasteiger partial charge in [-0.1, -0.05) is 43.2 Å². The van der Waals surface area contributed by atoms with Crippen LogP contribution in [0.2, 0.25) is 0 Å². The fraction of sp³-hybridized carbons (Fsp3) is 0.375. The van der Waals surface area contributed by atoms with Gasteiger partial charge in [0.2, 0.25) is 0 Å². The molecule has 18 heavy (non-hydrogen) atoms. The number of hydrogen-bond acceptors (Lipinski definition) is 2. The van der Waals surface area contributed by atoms with Gasteiger partial charge in [-0.25, -0.2) is 0 Å². The van der Waals surface area contributed by atoms with Crippen molar-refractivity contribution in [3.63, 3.8) is 0 Å². The highest BCUT2D eigenvalue weighted by atomic mass is 16.3. The van der Waals surface area contributed by atoms with Crippen LogP contribution in [0.1, 0.15) is 24.8 Å². The van der Waals surface area contributed by atoms with Gasteiger partial charge in [0.15, 0.2) is 0 Å². The molecule has 1 fully saturated rings. The summed E-state index contributed by atoms with van der Waals surface area (Å²) >= 11 is 0. The first-order valence-corrected chi connectivity index (χ1v) is 6.75. The van der Waals surface area contributed by atoms with Crippen molar-refractivity contribution in [3.05, 3.63) is 42.0 Å². The molecule has 2 aromatic carbocycles. The molecule has 0 aliphatic heterocycles. The molecule has 2 heteroatoms. The Morgan fingerprint density at radius 1 is 1.11 bits per heavy atom. The van der Waals surface area contributed by atoms with Crippen molar-refractivity contribution in [2.45, 2.75) is 25.8 Å². The lowest BCUT2D eigenvalue weighted by Gasteiger charge is -2.10. The SMILES string of the molecule is Oc1ccc2ccccc2c1CNCCC1CC1. The molecule has 0 unspecified atom stereocenters. The van der Waals surface area contributed by atoms with Crippen molar-refractivity contribution in [1.29, 1.82) is 0 Å². The van der Waals surface area contributed by atoms with E-state index in [1.54, 1.807) is 6.07 Å². The second-order valence-corrected chi connectivity index (χ2v) is 5.19. The Hall–Kier alpha value is -1.54. The Balaban J connectivity index is 1.74. The lowest BCUT2D eigenvalue weighted by atomic mass is 10.0. The summed E-state index contributed by atoms with van der Waals surface area (Å²) in [5.41, 5.74) is 1.02. The number of hydrogen-bond donors (Lipinski definition) is 2. The Kier molecular flexibility index (Phi) is 3.20. The molecule has 0 radical (unpaired) electrons. The van der Waals surface area contributed by atoms with Gasteiger partial charge < -0.3 is 10.4 Å². The summed E-state index contributed by atoms with van der Waals surface area (Å²) in [5.74, 6) is 1.35. The van der Waals surface area contributed by atoms with Crippen LogP contribution in [-0.2, 0) is 6.54 Å². The number of rotatable bonds is 5. The molecule has 1 aliphatic carbocycles. The van der Waals surface area contributed by atoms with E-state index in [1.165, 1.54) is 24.6 Å². The van der Waals surface area contributed by atoms with E-state index < -0.39 is 0 Å². The predicted molar refractivity (Wildman–Crippen MR) is 74.7 cm³/mol. The van der Waals surface area contributed by atoms with E-state index in [4.69, 9.17) is 0 Å². The minimum atomic E-state index is 0.396. The monoisotopic (exact) mass is 241 g/mol. The molecule has 2 aromatic rings. The predicted octanol–water partition coefficient (Wildman–Crippen LogP) is 3.44. The molecule has 2 N–H and O–H groups in total. The zero-order chi connectivity index (χ0) is 12.4. The third-order valence-electron chi connectivity index (χ3n) is 3.74. The van der Waals surface area contributed by atoms with Gasteiger partial charge in [-0.2, -0.15) is 0 Å². The van der Waals surface area contributed by atoms with Crippen LogP contribution in [0, 0.1) is 5.92 Å².